The molecule has 1 unspecified atom stereocenters. The van der Waals surface area contributed by atoms with E-state index < -0.39 is 6.03 Å². The van der Waals surface area contributed by atoms with E-state index in [9.17, 15) is 14.5 Å². The molecule has 36 heavy (non-hydrogen) atoms. The summed E-state index contributed by atoms with van der Waals surface area (Å²) in [6, 6.07) is 7.45. The molecule has 1 aromatic heterocycles. The highest BCUT2D eigenvalue weighted by molar-refractivity contribution is 9.10. The average molecular weight is 575 g/mol. The number of aryl methyl sites for hydroxylation is 2. The number of carbonyl (C=O) groups excluding carboxylic acids is 2. The van der Waals surface area contributed by atoms with E-state index in [1.54, 1.807) is 0 Å². The van der Waals surface area contributed by atoms with E-state index >= 15 is 0 Å². The molecule has 2 atom stereocenters. The number of amides is 3. The van der Waals surface area contributed by atoms with E-state index in [1.807, 2.05) is 17.2 Å². The van der Waals surface area contributed by atoms with Crippen molar-refractivity contribution in [1.82, 2.24) is 20.1 Å². The Labute approximate surface area is 223 Å². The lowest BCUT2D eigenvalue weighted by molar-refractivity contribution is -0.136. The Morgan fingerprint density at radius 2 is 1.92 bits per heavy atom. The van der Waals surface area contributed by atoms with Gasteiger partial charge in [-0.2, -0.15) is 0 Å². The minimum atomic E-state index is -0.716. The zero-order valence-corrected chi connectivity index (χ0v) is 22.3. The van der Waals surface area contributed by atoms with Crippen LogP contribution in [0.1, 0.15) is 47.6 Å². The largest absolute Gasteiger partial charge is 0.381 e. The van der Waals surface area contributed by atoms with Crippen molar-refractivity contribution in [3.05, 3.63) is 67.2 Å². The SMILES string of the molecule is O=NC(=O)N1CCC(CC(=O)N2CCNCC2[C@H]2c3ccc(Cl)cc3CCc3cc(Br)cnc32)CC1. The topological polar surface area (TPSA) is 95.0 Å². The van der Waals surface area contributed by atoms with Gasteiger partial charge in [-0.15, -0.1) is 4.91 Å². The van der Waals surface area contributed by atoms with Gasteiger partial charge in [0.05, 0.1) is 11.7 Å². The van der Waals surface area contributed by atoms with E-state index in [4.69, 9.17) is 16.6 Å². The molecule has 8 nitrogen and oxygen atoms in total. The number of aromatic nitrogens is 1. The smallest absolute Gasteiger partial charge is 0.336 e. The van der Waals surface area contributed by atoms with Gasteiger partial charge in [-0.25, -0.2) is 4.79 Å². The molecule has 10 heteroatoms. The number of fused-ring (bicyclic) bond motifs is 2. The molecule has 0 radical (unpaired) electrons. The van der Waals surface area contributed by atoms with Gasteiger partial charge in [-0.1, -0.05) is 17.7 Å². The number of carbonyl (C=O) groups is 2. The fourth-order valence-electron chi connectivity index (χ4n) is 5.96. The Balaban J connectivity index is 1.42. The first kappa shape index (κ1) is 25.3. The van der Waals surface area contributed by atoms with E-state index in [-0.39, 0.29) is 23.8 Å². The predicted octanol–water partition coefficient (Wildman–Crippen LogP) is 4.52. The third kappa shape index (κ3) is 5.19. The number of nitroso groups, excluding NO2 is 1. The van der Waals surface area contributed by atoms with Crippen LogP contribution >= 0.6 is 27.5 Å². The van der Waals surface area contributed by atoms with Gasteiger partial charge in [0, 0.05) is 65.9 Å². The Kier molecular flexibility index (Phi) is 7.69. The van der Waals surface area contributed by atoms with Crippen molar-refractivity contribution in [3.63, 3.8) is 0 Å². The maximum absolute atomic E-state index is 13.7. The Morgan fingerprint density at radius 3 is 2.69 bits per heavy atom. The Morgan fingerprint density at radius 1 is 1.14 bits per heavy atom. The van der Waals surface area contributed by atoms with Gasteiger partial charge in [0.1, 0.15) is 0 Å². The summed E-state index contributed by atoms with van der Waals surface area (Å²) in [6.45, 7) is 3.02. The molecule has 0 spiro atoms. The molecule has 2 saturated heterocycles. The third-order valence-corrected chi connectivity index (χ3v) is 8.45. The van der Waals surface area contributed by atoms with Crippen LogP contribution in [-0.4, -0.2) is 65.5 Å². The van der Waals surface area contributed by atoms with E-state index in [2.05, 4.69) is 44.6 Å². The summed E-state index contributed by atoms with van der Waals surface area (Å²) < 4.78 is 0.952. The fourth-order valence-corrected chi connectivity index (χ4v) is 6.53. The number of likely N-dealkylation sites (tertiary alicyclic amines) is 1. The highest BCUT2D eigenvalue weighted by atomic mass is 79.9. The van der Waals surface area contributed by atoms with Gasteiger partial charge in [0.15, 0.2) is 0 Å². The highest BCUT2D eigenvalue weighted by Crippen LogP contribution is 2.39. The van der Waals surface area contributed by atoms with Crippen LogP contribution in [0.4, 0.5) is 4.79 Å². The van der Waals surface area contributed by atoms with Crippen LogP contribution in [0.2, 0.25) is 5.02 Å². The number of hydrogen-bond acceptors (Lipinski definition) is 5. The monoisotopic (exact) mass is 573 g/mol. The summed E-state index contributed by atoms with van der Waals surface area (Å²) in [5.41, 5.74) is 4.62. The summed E-state index contributed by atoms with van der Waals surface area (Å²) in [5, 5.41) is 6.75. The number of hydrogen-bond donors (Lipinski definition) is 1. The van der Waals surface area contributed by atoms with Crippen molar-refractivity contribution in [3.8, 4) is 0 Å². The zero-order valence-electron chi connectivity index (χ0n) is 20.0. The molecule has 2 aliphatic heterocycles. The van der Waals surface area contributed by atoms with Crippen LogP contribution in [0.15, 0.2) is 40.1 Å². The van der Waals surface area contributed by atoms with E-state index in [0.717, 1.165) is 34.6 Å². The van der Waals surface area contributed by atoms with Crippen molar-refractivity contribution in [1.29, 1.82) is 0 Å². The van der Waals surface area contributed by atoms with Crippen LogP contribution in [0, 0.1) is 10.8 Å². The molecule has 3 amide bonds. The molecule has 1 aliphatic carbocycles. The number of nitrogens with zero attached hydrogens (tertiary/aromatic N) is 4. The number of benzene rings is 1. The number of nitrogens with one attached hydrogen (secondary N) is 1. The molecule has 2 fully saturated rings. The minimum Gasteiger partial charge on any atom is -0.336 e. The van der Waals surface area contributed by atoms with Gasteiger partial charge in [-0.3, -0.25) is 9.78 Å². The van der Waals surface area contributed by atoms with Crippen molar-refractivity contribution in [2.75, 3.05) is 32.7 Å². The summed E-state index contributed by atoms with van der Waals surface area (Å²) in [4.78, 5) is 44.3. The second kappa shape index (κ2) is 10.9. The number of rotatable bonds is 3. The molecular formula is C26H29BrClN5O3. The standard InChI is InChI=1S/C26H29BrClN5O3/c27-19-12-18-2-1-17-13-20(28)3-4-21(17)24(25(18)30-14-19)22-15-29-7-10-33(22)23(34)11-16-5-8-32(9-6-16)26(35)31-36/h3-4,12-14,16,22,24,29H,1-2,5-11,15H2/t22?,24-/m1/s1. The van der Waals surface area contributed by atoms with Gasteiger partial charge >= 0.3 is 6.03 Å². The summed E-state index contributed by atoms with van der Waals surface area (Å²) in [6.07, 6.45) is 5.43. The van der Waals surface area contributed by atoms with Gasteiger partial charge in [0.2, 0.25) is 5.91 Å². The molecule has 5 rings (SSSR count). The Hall–Kier alpha value is -2.36. The van der Waals surface area contributed by atoms with Crippen LogP contribution in [0.3, 0.4) is 0 Å². The maximum Gasteiger partial charge on any atom is 0.381 e. The third-order valence-electron chi connectivity index (χ3n) is 7.78. The van der Waals surface area contributed by atoms with Crippen LogP contribution in [-0.2, 0) is 17.6 Å². The Bertz CT molecular complexity index is 1120. The maximum atomic E-state index is 13.7. The normalized spacial score (nSPS) is 22.4. The lowest BCUT2D eigenvalue weighted by Gasteiger charge is -2.42. The van der Waals surface area contributed by atoms with Crippen LogP contribution < -0.4 is 5.32 Å². The molecule has 2 aromatic rings. The molecule has 190 valence electrons. The fraction of sp³-hybridized carbons (Fsp3) is 0.500. The molecule has 1 aromatic carbocycles. The van der Waals surface area contributed by atoms with Gasteiger partial charge in [-0.05, 0) is 82.4 Å². The lowest BCUT2D eigenvalue weighted by Crippen LogP contribution is -2.56. The molecular weight excluding hydrogens is 546 g/mol. The lowest BCUT2D eigenvalue weighted by atomic mass is 9.83. The number of piperidine rings is 1. The molecule has 0 bridgehead atoms. The average Bonchev–Trinajstić information content (AvgIpc) is 3.04. The first-order valence-electron chi connectivity index (χ1n) is 12.5. The van der Waals surface area contributed by atoms with Crippen molar-refractivity contribution < 1.29 is 9.59 Å². The predicted molar refractivity (Wildman–Crippen MR) is 141 cm³/mol. The molecule has 0 saturated carbocycles. The van der Waals surface area contributed by atoms with E-state index in [1.165, 1.54) is 21.6 Å². The molecule has 3 aliphatic rings. The number of pyridine rings is 1. The van der Waals surface area contributed by atoms with Crippen LogP contribution in [0.25, 0.3) is 0 Å². The highest BCUT2D eigenvalue weighted by Gasteiger charge is 2.39. The summed E-state index contributed by atoms with van der Waals surface area (Å²) in [5.74, 6) is 0.265. The number of piperazine rings is 1. The van der Waals surface area contributed by atoms with E-state index in [0.29, 0.717) is 45.4 Å². The summed E-state index contributed by atoms with van der Waals surface area (Å²) >= 11 is 9.96. The van der Waals surface area contributed by atoms with Gasteiger partial charge < -0.3 is 15.1 Å². The van der Waals surface area contributed by atoms with Crippen molar-refractivity contribution in [2.24, 2.45) is 11.1 Å². The minimum absolute atomic E-state index is 0.0576. The number of urea groups is 1. The van der Waals surface area contributed by atoms with Crippen molar-refractivity contribution in [2.45, 2.75) is 44.1 Å². The second-order valence-electron chi connectivity index (χ2n) is 9.89. The molecule has 1 N–H and O–H groups in total. The van der Waals surface area contributed by atoms with Crippen LogP contribution in [0.5, 0.6) is 0 Å². The first-order chi connectivity index (χ1) is 17.4. The second-order valence-corrected chi connectivity index (χ2v) is 11.2. The van der Waals surface area contributed by atoms with Gasteiger partial charge in [0.25, 0.3) is 0 Å². The number of halogens is 2. The summed E-state index contributed by atoms with van der Waals surface area (Å²) in [7, 11) is 0. The first-order valence-corrected chi connectivity index (χ1v) is 13.7. The molecule has 3 heterocycles. The zero-order chi connectivity index (χ0) is 25.2. The quantitative estimate of drug-likeness (QED) is 0.544. The van der Waals surface area contributed by atoms with Crippen molar-refractivity contribution >= 4 is 39.5 Å².